The second-order valence-electron chi connectivity index (χ2n) is 4.85. The molecule has 0 aliphatic carbocycles. The molecule has 0 aliphatic heterocycles. The maximum atomic E-state index is 6.22. The first-order valence-electron chi connectivity index (χ1n) is 6.40. The first-order valence-corrected chi connectivity index (χ1v) is 6.40. The Kier molecular flexibility index (Phi) is 5.20. The fraction of sp³-hybridized carbons (Fsp3) is 0.533. The van der Waals surface area contributed by atoms with Gasteiger partial charge in [0, 0.05) is 24.5 Å². The van der Waals surface area contributed by atoms with Crippen LogP contribution in [0.5, 0.6) is 0 Å². The summed E-state index contributed by atoms with van der Waals surface area (Å²) in [7, 11) is 1.78. The third-order valence-electron chi connectivity index (χ3n) is 3.20. The van der Waals surface area contributed by atoms with Crippen LogP contribution in [0.15, 0.2) is 17.1 Å². The van der Waals surface area contributed by atoms with Crippen molar-refractivity contribution < 1.29 is 0 Å². The van der Waals surface area contributed by atoms with Crippen molar-refractivity contribution in [3.63, 3.8) is 0 Å². The normalized spacial score (nSPS) is 13.2. The van der Waals surface area contributed by atoms with E-state index in [-0.39, 0.29) is 0 Å². The van der Waals surface area contributed by atoms with Crippen molar-refractivity contribution >= 4 is 11.9 Å². The quantitative estimate of drug-likeness (QED) is 0.611. The van der Waals surface area contributed by atoms with Crippen LogP contribution in [-0.2, 0) is 6.42 Å². The zero-order valence-corrected chi connectivity index (χ0v) is 11.5. The van der Waals surface area contributed by atoms with Crippen LogP contribution < -0.4 is 5.73 Å². The minimum Gasteiger partial charge on any atom is -0.398 e. The number of aliphatic imine (C=N–C) groups is 1. The van der Waals surface area contributed by atoms with Gasteiger partial charge in [-0.15, -0.1) is 0 Å². The zero-order chi connectivity index (χ0) is 12.8. The molecule has 0 spiro atoms. The minimum atomic E-state index is 0.691. The fourth-order valence-corrected chi connectivity index (χ4v) is 2.24. The average molecular weight is 232 g/mol. The van der Waals surface area contributed by atoms with E-state index in [0.29, 0.717) is 5.92 Å². The van der Waals surface area contributed by atoms with Crippen molar-refractivity contribution in [2.24, 2.45) is 10.9 Å². The van der Waals surface area contributed by atoms with Crippen molar-refractivity contribution in [1.29, 1.82) is 0 Å². The number of nitrogens with zero attached hydrogens (tertiary/aromatic N) is 1. The van der Waals surface area contributed by atoms with Crippen LogP contribution in [0.1, 0.15) is 43.4 Å². The maximum Gasteiger partial charge on any atom is 0.0438 e. The lowest BCUT2D eigenvalue weighted by molar-refractivity contribution is 0.523. The highest BCUT2D eigenvalue weighted by atomic mass is 14.7. The molecule has 0 aliphatic rings. The van der Waals surface area contributed by atoms with Gasteiger partial charge in [-0.2, -0.15) is 0 Å². The van der Waals surface area contributed by atoms with Gasteiger partial charge in [0.2, 0.25) is 0 Å². The van der Waals surface area contributed by atoms with Gasteiger partial charge >= 0.3 is 0 Å². The van der Waals surface area contributed by atoms with Gasteiger partial charge in [0.1, 0.15) is 0 Å². The first kappa shape index (κ1) is 13.8. The van der Waals surface area contributed by atoms with Crippen LogP contribution in [0.4, 0.5) is 5.69 Å². The van der Waals surface area contributed by atoms with Gasteiger partial charge < -0.3 is 5.73 Å². The Morgan fingerprint density at radius 2 is 2.12 bits per heavy atom. The third-order valence-corrected chi connectivity index (χ3v) is 3.20. The number of hydrogen-bond donors (Lipinski definition) is 1. The Balaban J connectivity index is 2.98. The number of anilines is 1. The number of aryl methyl sites for hydroxylation is 1. The molecule has 2 nitrogen and oxygen atoms in total. The molecule has 0 radical (unpaired) electrons. The average Bonchev–Trinajstić information content (AvgIpc) is 2.29. The van der Waals surface area contributed by atoms with E-state index >= 15 is 0 Å². The SMILES string of the molecule is CCCC(C)Cc1ccc(C)c(C=NC)c1N. The predicted molar refractivity (Wildman–Crippen MR) is 76.9 cm³/mol. The summed E-state index contributed by atoms with van der Waals surface area (Å²) in [6.07, 6.45) is 5.41. The molecular weight excluding hydrogens is 208 g/mol. The van der Waals surface area contributed by atoms with E-state index in [1.54, 1.807) is 7.05 Å². The minimum absolute atomic E-state index is 0.691. The van der Waals surface area contributed by atoms with Gasteiger partial charge in [0.15, 0.2) is 0 Å². The molecule has 17 heavy (non-hydrogen) atoms. The van der Waals surface area contributed by atoms with Crippen LogP contribution in [0.2, 0.25) is 0 Å². The van der Waals surface area contributed by atoms with E-state index in [4.69, 9.17) is 5.73 Å². The molecule has 1 atom stereocenters. The van der Waals surface area contributed by atoms with Crippen molar-refractivity contribution in [2.45, 2.75) is 40.0 Å². The molecule has 1 unspecified atom stereocenters. The second-order valence-corrected chi connectivity index (χ2v) is 4.85. The summed E-state index contributed by atoms with van der Waals surface area (Å²) in [5, 5.41) is 0. The summed E-state index contributed by atoms with van der Waals surface area (Å²) in [4.78, 5) is 4.08. The summed E-state index contributed by atoms with van der Waals surface area (Å²) in [6, 6.07) is 4.30. The van der Waals surface area contributed by atoms with Gasteiger partial charge in [-0.3, -0.25) is 4.99 Å². The molecule has 0 amide bonds. The molecular formula is C15H24N2. The monoisotopic (exact) mass is 232 g/mol. The summed E-state index contributed by atoms with van der Waals surface area (Å²) < 4.78 is 0. The highest BCUT2D eigenvalue weighted by molar-refractivity contribution is 5.89. The van der Waals surface area contributed by atoms with Gasteiger partial charge in [0.25, 0.3) is 0 Å². The van der Waals surface area contributed by atoms with Gasteiger partial charge in [-0.1, -0.05) is 38.8 Å². The van der Waals surface area contributed by atoms with Crippen molar-refractivity contribution in [3.05, 3.63) is 28.8 Å². The topological polar surface area (TPSA) is 38.4 Å². The highest BCUT2D eigenvalue weighted by Crippen LogP contribution is 2.24. The first-order chi connectivity index (χ1) is 8.10. The van der Waals surface area contributed by atoms with Crippen molar-refractivity contribution in [3.8, 4) is 0 Å². The van der Waals surface area contributed by atoms with Gasteiger partial charge in [-0.05, 0) is 30.4 Å². The number of benzene rings is 1. The molecule has 0 heterocycles. The molecule has 0 aromatic heterocycles. The van der Waals surface area contributed by atoms with E-state index < -0.39 is 0 Å². The molecule has 2 heteroatoms. The smallest absolute Gasteiger partial charge is 0.0438 e. The van der Waals surface area contributed by atoms with E-state index in [9.17, 15) is 0 Å². The van der Waals surface area contributed by atoms with E-state index in [1.807, 2.05) is 6.21 Å². The number of nitrogens with two attached hydrogens (primary N) is 1. The fourth-order valence-electron chi connectivity index (χ4n) is 2.24. The van der Waals surface area contributed by atoms with Gasteiger partial charge in [0.05, 0.1) is 0 Å². The molecule has 0 saturated carbocycles. The molecule has 1 rings (SSSR count). The third kappa shape index (κ3) is 3.58. The molecule has 0 fully saturated rings. The number of rotatable bonds is 5. The lowest BCUT2D eigenvalue weighted by Crippen LogP contribution is -2.06. The van der Waals surface area contributed by atoms with Crippen LogP contribution in [0.25, 0.3) is 0 Å². The standard InChI is InChI=1S/C15H24N2/c1-5-6-11(2)9-13-8-7-12(3)14(10-17-4)15(13)16/h7-8,10-11H,5-6,9,16H2,1-4H3. The molecule has 2 N–H and O–H groups in total. The second kappa shape index (κ2) is 6.43. The molecule has 1 aromatic carbocycles. The summed E-state index contributed by atoms with van der Waals surface area (Å²) in [6.45, 7) is 6.59. The lowest BCUT2D eigenvalue weighted by Gasteiger charge is -2.15. The van der Waals surface area contributed by atoms with E-state index in [1.165, 1.54) is 24.0 Å². The number of hydrogen-bond acceptors (Lipinski definition) is 2. The predicted octanol–water partition coefficient (Wildman–Crippen LogP) is 3.60. The molecule has 0 bridgehead atoms. The van der Waals surface area contributed by atoms with Crippen LogP contribution in [0, 0.1) is 12.8 Å². The number of nitrogen functional groups attached to an aromatic ring is 1. The Labute approximate surface area is 105 Å². The van der Waals surface area contributed by atoms with E-state index in [2.05, 4.69) is 37.9 Å². The zero-order valence-electron chi connectivity index (χ0n) is 11.5. The largest absolute Gasteiger partial charge is 0.398 e. The molecule has 1 aromatic rings. The van der Waals surface area contributed by atoms with Crippen LogP contribution >= 0.6 is 0 Å². The van der Waals surface area contributed by atoms with Crippen molar-refractivity contribution in [1.82, 2.24) is 0 Å². The molecule has 0 saturated heterocycles. The van der Waals surface area contributed by atoms with E-state index in [0.717, 1.165) is 17.7 Å². The van der Waals surface area contributed by atoms with Gasteiger partial charge in [-0.25, -0.2) is 0 Å². The van der Waals surface area contributed by atoms with Crippen LogP contribution in [0.3, 0.4) is 0 Å². The Bertz CT molecular complexity index is 394. The lowest BCUT2D eigenvalue weighted by atomic mass is 9.93. The van der Waals surface area contributed by atoms with Crippen molar-refractivity contribution in [2.75, 3.05) is 12.8 Å². The van der Waals surface area contributed by atoms with Crippen LogP contribution in [-0.4, -0.2) is 13.3 Å². The Morgan fingerprint density at radius 1 is 1.41 bits per heavy atom. The summed E-state index contributed by atoms with van der Waals surface area (Å²) in [5.74, 6) is 0.691. The summed E-state index contributed by atoms with van der Waals surface area (Å²) in [5.41, 5.74) is 10.7. The maximum absolute atomic E-state index is 6.22. The summed E-state index contributed by atoms with van der Waals surface area (Å²) >= 11 is 0. The Morgan fingerprint density at radius 3 is 2.71 bits per heavy atom. The molecule has 94 valence electrons. The highest BCUT2D eigenvalue weighted by Gasteiger charge is 2.09. The Hall–Kier alpha value is -1.31.